The number of carbonyl (C=O) groups is 1. The number of hydrogen-bond donors (Lipinski definition) is 1. The zero-order valence-corrected chi connectivity index (χ0v) is 13.4. The van der Waals surface area contributed by atoms with Gasteiger partial charge in [-0.2, -0.15) is 0 Å². The molecular weight excluding hydrogens is 268 g/mol. The molecule has 1 aliphatic carbocycles. The third-order valence-electron chi connectivity index (χ3n) is 3.90. The summed E-state index contributed by atoms with van der Waals surface area (Å²) in [6.45, 7) is 10.0. The van der Waals surface area contributed by atoms with Gasteiger partial charge in [-0.05, 0) is 43.7 Å². The lowest BCUT2D eigenvalue weighted by Gasteiger charge is -2.22. The smallest absolute Gasteiger partial charge is 0.265 e. The first-order chi connectivity index (χ1) is 9.88. The van der Waals surface area contributed by atoms with Crippen molar-refractivity contribution >= 4 is 5.91 Å². The van der Waals surface area contributed by atoms with Gasteiger partial charge in [-0.3, -0.25) is 4.79 Å². The Morgan fingerprint density at radius 1 is 1.33 bits per heavy atom. The zero-order valence-electron chi connectivity index (χ0n) is 13.4. The molecule has 0 fully saturated rings. The van der Waals surface area contributed by atoms with Gasteiger partial charge in [0.1, 0.15) is 5.69 Å². The Hall–Kier alpha value is -1.33. The molecule has 5 nitrogen and oxygen atoms in total. The summed E-state index contributed by atoms with van der Waals surface area (Å²) in [5.41, 5.74) is 8.73. The molecule has 2 rings (SSSR count). The predicted molar refractivity (Wildman–Crippen MR) is 81.2 cm³/mol. The molecule has 0 aliphatic heterocycles. The van der Waals surface area contributed by atoms with Crippen LogP contribution in [0.5, 0.6) is 0 Å². The van der Waals surface area contributed by atoms with E-state index in [-0.39, 0.29) is 11.7 Å². The van der Waals surface area contributed by atoms with Crippen LogP contribution in [-0.2, 0) is 28.9 Å². The minimum atomic E-state index is -0.394. The van der Waals surface area contributed by atoms with Gasteiger partial charge >= 0.3 is 0 Å². The molecule has 0 aromatic carbocycles. The summed E-state index contributed by atoms with van der Waals surface area (Å²) in [5.74, 6) is -0.394. The van der Waals surface area contributed by atoms with Gasteiger partial charge < -0.3 is 19.8 Å². The molecule has 0 saturated heterocycles. The Labute approximate surface area is 126 Å². The lowest BCUT2D eigenvalue weighted by atomic mass is 9.90. The highest BCUT2D eigenvalue weighted by molar-refractivity contribution is 5.91. The van der Waals surface area contributed by atoms with Crippen LogP contribution in [0.15, 0.2) is 6.07 Å². The molecule has 1 amide bonds. The van der Waals surface area contributed by atoms with Crippen LogP contribution >= 0.6 is 0 Å². The largest absolute Gasteiger partial charge is 0.364 e. The molecule has 0 saturated carbocycles. The van der Waals surface area contributed by atoms with Crippen molar-refractivity contribution in [2.45, 2.75) is 53.4 Å². The van der Waals surface area contributed by atoms with Crippen LogP contribution < -0.4 is 5.73 Å². The third kappa shape index (κ3) is 3.47. The standard InChI is InChI=1S/C16H26N2O3/c1-5-20-14(21-6-2)10-18-12(15(17)19)7-11-8-16(3,4)9-13(11)18/h7,14H,5-6,8-10H2,1-4H3,(H2,17,19). The van der Waals surface area contributed by atoms with Crippen molar-refractivity contribution in [2.24, 2.45) is 11.1 Å². The zero-order chi connectivity index (χ0) is 15.6. The summed E-state index contributed by atoms with van der Waals surface area (Å²) >= 11 is 0. The Morgan fingerprint density at radius 2 is 1.95 bits per heavy atom. The molecule has 1 aromatic heterocycles. The van der Waals surface area contributed by atoms with E-state index in [1.54, 1.807) is 0 Å². The summed E-state index contributed by atoms with van der Waals surface area (Å²) in [6, 6.07) is 1.93. The van der Waals surface area contributed by atoms with Crippen molar-refractivity contribution in [1.82, 2.24) is 4.57 Å². The molecule has 1 heterocycles. The lowest BCUT2D eigenvalue weighted by molar-refractivity contribution is -0.143. The molecule has 0 atom stereocenters. The Bertz CT molecular complexity index is 514. The lowest BCUT2D eigenvalue weighted by Crippen LogP contribution is -2.28. The highest BCUT2D eigenvalue weighted by Gasteiger charge is 2.33. The minimum Gasteiger partial charge on any atom is -0.364 e. The maximum atomic E-state index is 11.7. The second-order valence-corrected chi connectivity index (χ2v) is 6.33. The fraction of sp³-hybridized carbons (Fsp3) is 0.688. The second kappa shape index (κ2) is 6.20. The number of aromatic nitrogens is 1. The minimum absolute atomic E-state index is 0.231. The van der Waals surface area contributed by atoms with Crippen LogP contribution in [0.1, 0.15) is 49.4 Å². The summed E-state index contributed by atoms with van der Waals surface area (Å²) in [7, 11) is 0. The van der Waals surface area contributed by atoms with E-state index < -0.39 is 5.91 Å². The van der Waals surface area contributed by atoms with E-state index in [9.17, 15) is 4.79 Å². The van der Waals surface area contributed by atoms with E-state index in [1.165, 1.54) is 11.3 Å². The number of amides is 1. The SMILES string of the molecule is CCOC(Cn1c(C(N)=O)cc2c1CC(C)(C)C2)OCC. The van der Waals surface area contributed by atoms with Crippen LogP contribution in [0, 0.1) is 5.41 Å². The maximum Gasteiger partial charge on any atom is 0.265 e. The van der Waals surface area contributed by atoms with Crippen molar-refractivity contribution < 1.29 is 14.3 Å². The van der Waals surface area contributed by atoms with E-state index in [1.807, 2.05) is 24.5 Å². The molecule has 118 valence electrons. The van der Waals surface area contributed by atoms with Crippen LogP contribution in [0.2, 0.25) is 0 Å². The summed E-state index contributed by atoms with van der Waals surface area (Å²) in [5, 5.41) is 0. The number of nitrogens with two attached hydrogens (primary N) is 1. The molecule has 0 radical (unpaired) electrons. The highest BCUT2D eigenvalue weighted by Crippen LogP contribution is 2.38. The van der Waals surface area contributed by atoms with E-state index in [2.05, 4.69) is 13.8 Å². The van der Waals surface area contributed by atoms with E-state index in [4.69, 9.17) is 15.2 Å². The van der Waals surface area contributed by atoms with Crippen molar-refractivity contribution in [3.8, 4) is 0 Å². The topological polar surface area (TPSA) is 66.5 Å². The molecule has 5 heteroatoms. The van der Waals surface area contributed by atoms with E-state index in [0.717, 1.165) is 12.8 Å². The van der Waals surface area contributed by atoms with E-state index >= 15 is 0 Å². The average Bonchev–Trinajstić information content (AvgIpc) is 2.83. The monoisotopic (exact) mass is 294 g/mol. The number of hydrogen-bond acceptors (Lipinski definition) is 3. The van der Waals surface area contributed by atoms with Gasteiger partial charge in [-0.1, -0.05) is 13.8 Å². The number of carbonyl (C=O) groups excluding carboxylic acids is 1. The maximum absolute atomic E-state index is 11.7. The fourth-order valence-corrected chi connectivity index (χ4v) is 3.13. The number of ether oxygens (including phenoxy) is 2. The van der Waals surface area contributed by atoms with Crippen LogP contribution in [0.3, 0.4) is 0 Å². The quantitative estimate of drug-likeness (QED) is 0.783. The molecular formula is C16H26N2O3. The molecule has 1 aliphatic rings. The molecule has 0 bridgehead atoms. The molecule has 1 aromatic rings. The molecule has 0 spiro atoms. The first kappa shape index (κ1) is 16.0. The number of rotatable bonds is 7. The van der Waals surface area contributed by atoms with Gasteiger partial charge in [-0.25, -0.2) is 0 Å². The van der Waals surface area contributed by atoms with Gasteiger partial charge in [0.2, 0.25) is 0 Å². The van der Waals surface area contributed by atoms with Crippen molar-refractivity contribution in [1.29, 1.82) is 0 Å². The predicted octanol–water partition coefficient (Wildman–Crippen LogP) is 2.11. The van der Waals surface area contributed by atoms with Crippen LogP contribution in [-0.4, -0.2) is 30.0 Å². The molecule has 21 heavy (non-hydrogen) atoms. The first-order valence-electron chi connectivity index (χ1n) is 7.62. The second-order valence-electron chi connectivity index (χ2n) is 6.33. The van der Waals surface area contributed by atoms with Gasteiger partial charge in [0.05, 0.1) is 6.54 Å². The normalized spacial score (nSPS) is 16.4. The van der Waals surface area contributed by atoms with Gasteiger partial charge in [-0.15, -0.1) is 0 Å². The van der Waals surface area contributed by atoms with Crippen LogP contribution in [0.25, 0.3) is 0 Å². The van der Waals surface area contributed by atoms with Crippen molar-refractivity contribution in [3.63, 3.8) is 0 Å². The van der Waals surface area contributed by atoms with Crippen LogP contribution in [0.4, 0.5) is 0 Å². The van der Waals surface area contributed by atoms with Crippen molar-refractivity contribution in [2.75, 3.05) is 13.2 Å². The van der Waals surface area contributed by atoms with Gasteiger partial charge in [0.15, 0.2) is 6.29 Å². The first-order valence-corrected chi connectivity index (χ1v) is 7.62. The summed E-state index contributed by atoms with van der Waals surface area (Å²) < 4.78 is 13.2. The molecule has 2 N–H and O–H groups in total. The average molecular weight is 294 g/mol. The third-order valence-corrected chi connectivity index (χ3v) is 3.90. The van der Waals surface area contributed by atoms with Gasteiger partial charge in [0.25, 0.3) is 5.91 Å². The summed E-state index contributed by atoms with van der Waals surface area (Å²) in [6.07, 6.45) is 1.57. The molecule has 0 unspecified atom stereocenters. The number of primary amides is 1. The number of nitrogens with zero attached hydrogens (tertiary/aromatic N) is 1. The van der Waals surface area contributed by atoms with E-state index in [0.29, 0.717) is 25.5 Å². The Balaban J connectivity index is 2.31. The highest BCUT2D eigenvalue weighted by atomic mass is 16.7. The fourth-order valence-electron chi connectivity index (χ4n) is 3.13. The van der Waals surface area contributed by atoms with Crippen molar-refractivity contribution in [3.05, 3.63) is 23.0 Å². The Morgan fingerprint density at radius 3 is 2.48 bits per heavy atom. The number of fused-ring (bicyclic) bond motifs is 1. The summed E-state index contributed by atoms with van der Waals surface area (Å²) in [4.78, 5) is 11.7. The van der Waals surface area contributed by atoms with Gasteiger partial charge in [0, 0.05) is 18.9 Å². The Kier molecular flexibility index (Phi) is 4.74.